The summed E-state index contributed by atoms with van der Waals surface area (Å²) < 4.78 is 6.62. The summed E-state index contributed by atoms with van der Waals surface area (Å²) in [5, 5.41) is 6.40. The maximum Gasteiger partial charge on any atom is 0.277 e. The van der Waals surface area contributed by atoms with E-state index in [1.165, 1.54) is 0 Å². The van der Waals surface area contributed by atoms with Gasteiger partial charge in [0.25, 0.3) is 5.91 Å². The molecule has 4 heterocycles. The molecule has 0 fully saturated rings. The molecule has 4 aromatic rings. The average Bonchev–Trinajstić information content (AvgIpc) is 3.24. The molecule has 0 saturated carbocycles. The van der Waals surface area contributed by atoms with E-state index < -0.39 is 0 Å². The van der Waals surface area contributed by atoms with E-state index in [1.807, 2.05) is 18.3 Å². The number of pyridine rings is 2. The van der Waals surface area contributed by atoms with Crippen LogP contribution in [0.25, 0.3) is 16.8 Å². The summed E-state index contributed by atoms with van der Waals surface area (Å²) in [5.74, 6) is 0.179. The lowest BCUT2D eigenvalue weighted by Gasteiger charge is -2.00. The molecule has 4 rings (SSSR count). The average molecular weight is 305 g/mol. The van der Waals surface area contributed by atoms with E-state index in [0.29, 0.717) is 17.2 Å². The molecule has 23 heavy (non-hydrogen) atoms. The summed E-state index contributed by atoms with van der Waals surface area (Å²) in [6.45, 7) is 0. The minimum atomic E-state index is -0.307. The predicted octanol–water partition coefficient (Wildman–Crippen LogP) is 2.64. The molecule has 112 valence electrons. The minimum absolute atomic E-state index is 0.307. The Morgan fingerprint density at radius 3 is 2.96 bits per heavy atom. The van der Waals surface area contributed by atoms with E-state index in [2.05, 4.69) is 20.4 Å². The van der Waals surface area contributed by atoms with Gasteiger partial charge in [0, 0.05) is 24.2 Å². The second-order valence-electron chi connectivity index (χ2n) is 4.89. The summed E-state index contributed by atoms with van der Waals surface area (Å²) in [6.07, 6.45) is 8.31. The first-order valence-electron chi connectivity index (χ1n) is 6.90. The second kappa shape index (κ2) is 5.38. The largest absolute Gasteiger partial charge is 0.364 e. The van der Waals surface area contributed by atoms with Gasteiger partial charge in [-0.15, -0.1) is 0 Å². The Labute approximate surface area is 130 Å². The fourth-order valence-corrected chi connectivity index (χ4v) is 2.24. The van der Waals surface area contributed by atoms with Gasteiger partial charge in [0.05, 0.1) is 6.20 Å². The molecular formula is C16H11N5O2. The number of anilines is 1. The van der Waals surface area contributed by atoms with Gasteiger partial charge in [-0.2, -0.15) is 0 Å². The van der Waals surface area contributed by atoms with E-state index in [1.54, 1.807) is 47.5 Å². The molecule has 1 amide bonds. The third-order valence-electron chi connectivity index (χ3n) is 3.36. The number of nitrogens with zero attached hydrogens (tertiary/aromatic N) is 4. The molecule has 1 N–H and O–H groups in total. The van der Waals surface area contributed by atoms with Crippen LogP contribution in [0.1, 0.15) is 10.5 Å². The van der Waals surface area contributed by atoms with Crippen LogP contribution in [0.2, 0.25) is 0 Å². The predicted molar refractivity (Wildman–Crippen MR) is 82.9 cm³/mol. The summed E-state index contributed by atoms with van der Waals surface area (Å²) in [5.41, 5.74) is 2.75. The molecule has 0 spiro atoms. The summed E-state index contributed by atoms with van der Waals surface area (Å²) >= 11 is 0. The Morgan fingerprint density at radius 2 is 2.17 bits per heavy atom. The first kappa shape index (κ1) is 13.2. The maximum atomic E-state index is 12.2. The van der Waals surface area contributed by atoms with E-state index in [9.17, 15) is 4.79 Å². The topological polar surface area (TPSA) is 85.3 Å². The van der Waals surface area contributed by atoms with Crippen molar-refractivity contribution in [3.8, 4) is 11.1 Å². The Kier molecular flexibility index (Phi) is 3.09. The van der Waals surface area contributed by atoms with Gasteiger partial charge >= 0.3 is 0 Å². The molecular weight excluding hydrogens is 294 g/mol. The van der Waals surface area contributed by atoms with Crippen LogP contribution < -0.4 is 5.32 Å². The van der Waals surface area contributed by atoms with Crippen molar-refractivity contribution in [2.45, 2.75) is 0 Å². The molecule has 7 heteroatoms. The highest BCUT2D eigenvalue weighted by molar-refractivity contribution is 6.02. The van der Waals surface area contributed by atoms with Crippen LogP contribution >= 0.6 is 0 Å². The van der Waals surface area contributed by atoms with Crippen molar-refractivity contribution >= 4 is 17.4 Å². The Balaban J connectivity index is 1.65. The number of hydrogen-bond acceptors (Lipinski definition) is 5. The maximum absolute atomic E-state index is 12.2. The van der Waals surface area contributed by atoms with Crippen LogP contribution in [-0.2, 0) is 0 Å². The number of hydrogen-bond donors (Lipinski definition) is 1. The van der Waals surface area contributed by atoms with Crippen molar-refractivity contribution in [3.63, 3.8) is 0 Å². The highest BCUT2D eigenvalue weighted by Crippen LogP contribution is 2.20. The highest BCUT2D eigenvalue weighted by Gasteiger charge is 2.12. The Morgan fingerprint density at radius 1 is 1.22 bits per heavy atom. The number of imidazole rings is 1. The van der Waals surface area contributed by atoms with Gasteiger partial charge in [-0.3, -0.25) is 4.79 Å². The van der Waals surface area contributed by atoms with Gasteiger partial charge in [0.2, 0.25) is 0 Å². The van der Waals surface area contributed by atoms with E-state index in [4.69, 9.17) is 4.52 Å². The fraction of sp³-hybridized carbons (Fsp3) is 0. The van der Waals surface area contributed by atoms with Crippen molar-refractivity contribution in [1.29, 1.82) is 0 Å². The zero-order valence-corrected chi connectivity index (χ0v) is 11.9. The number of nitrogens with one attached hydrogen (secondary N) is 1. The SMILES string of the molecule is O=C(Nc1ccccn1)c1cn2ccc(-c3cnoc3)cc2n1. The fourth-order valence-electron chi connectivity index (χ4n) is 2.24. The molecule has 0 atom stereocenters. The minimum Gasteiger partial charge on any atom is -0.364 e. The summed E-state index contributed by atoms with van der Waals surface area (Å²) in [7, 11) is 0. The molecule has 0 saturated heterocycles. The van der Waals surface area contributed by atoms with Crippen LogP contribution in [0.4, 0.5) is 5.82 Å². The Bertz CT molecular complexity index is 961. The van der Waals surface area contributed by atoms with Crippen LogP contribution in [-0.4, -0.2) is 25.4 Å². The lowest BCUT2D eigenvalue weighted by Crippen LogP contribution is -2.13. The molecule has 7 nitrogen and oxygen atoms in total. The van der Waals surface area contributed by atoms with Gasteiger partial charge in [-0.1, -0.05) is 11.2 Å². The smallest absolute Gasteiger partial charge is 0.277 e. The van der Waals surface area contributed by atoms with Crippen LogP contribution in [0.3, 0.4) is 0 Å². The first-order chi connectivity index (χ1) is 11.3. The quantitative estimate of drug-likeness (QED) is 0.629. The van der Waals surface area contributed by atoms with Gasteiger partial charge in [-0.25, -0.2) is 9.97 Å². The molecule has 0 aliphatic rings. The van der Waals surface area contributed by atoms with Crippen molar-refractivity contribution in [2.75, 3.05) is 5.32 Å². The Hall–Kier alpha value is -3.48. The normalized spacial score (nSPS) is 10.8. The number of carbonyl (C=O) groups excluding carboxylic acids is 1. The molecule has 0 aliphatic heterocycles. The molecule has 0 radical (unpaired) electrons. The van der Waals surface area contributed by atoms with Crippen molar-refractivity contribution in [2.24, 2.45) is 0 Å². The van der Waals surface area contributed by atoms with E-state index in [-0.39, 0.29) is 5.91 Å². The molecule has 0 aliphatic carbocycles. The monoisotopic (exact) mass is 305 g/mol. The molecule has 0 unspecified atom stereocenters. The van der Waals surface area contributed by atoms with E-state index >= 15 is 0 Å². The van der Waals surface area contributed by atoms with Crippen LogP contribution in [0, 0.1) is 0 Å². The standard InChI is InChI=1S/C16H11N5O2/c22-16(20-14-3-1-2-5-17-14)13-9-21-6-4-11(7-15(21)19-13)12-8-18-23-10-12/h1-10H,(H,17,20,22). The van der Waals surface area contributed by atoms with E-state index in [0.717, 1.165) is 11.1 Å². The van der Waals surface area contributed by atoms with Crippen LogP contribution in [0.5, 0.6) is 0 Å². The first-order valence-corrected chi connectivity index (χ1v) is 6.90. The lowest BCUT2D eigenvalue weighted by molar-refractivity contribution is 0.102. The molecule has 0 bridgehead atoms. The van der Waals surface area contributed by atoms with Gasteiger partial charge in [0.15, 0.2) is 0 Å². The van der Waals surface area contributed by atoms with Gasteiger partial charge in [0.1, 0.15) is 23.4 Å². The third kappa shape index (κ3) is 2.55. The number of amides is 1. The van der Waals surface area contributed by atoms with Crippen molar-refractivity contribution in [3.05, 3.63) is 67.1 Å². The number of carbonyl (C=O) groups is 1. The number of aromatic nitrogens is 4. The number of fused-ring (bicyclic) bond motifs is 1. The second-order valence-corrected chi connectivity index (χ2v) is 4.89. The third-order valence-corrected chi connectivity index (χ3v) is 3.36. The summed E-state index contributed by atoms with van der Waals surface area (Å²) in [6, 6.07) is 9.08. The van der Waals surface area contributed by atoms with Gasteiger partial charge < -0.3 is 14.2 Å². The lowest BCUT2D eigenvalue weighted by atomic mass is 10.1. The zero-order chi connectivity index (χ0) is 15.6. The zero-order valence-electron chi connectivity index (χ0n) is 11.9. The van der Waals surface area contributed by atoms with Crippen molar-refractivity contribution in [1.82, 2.24) is 19.5 Å². The van der Waals surface area contributed by atoms with Crippen LogP contribution in [0.15, 0.2) is 65.9 Å². The summed E-state index contributed by atoms with van der Waals surface area (Å²) in [4.78, 5) is 20.7. The highest BCUT2D eigenvalue weighted by atomic mass is 16.5. The van der Waals surface area contributed by atoms with Crippen molar-refractivity contribution < 1.29 is 9.32 Å². The number of rotatable bonds is 3. The van der Waals surface area contributed by atoms with Gasteiger partial charge in [-0.05, 0) is 29.8 Å². The molecule has 0 aromatic carbocycles. The molecule has 4 aromatic heterocycles.